The fourth-order valence-electron chi connectivity index (χ4n) is 2.62. The van der Waals surface area contributed by atoms with Crippen molar-refractivity contribution >= 4 is 11.8 Å². The Kier molecular flexibility index (Phi) is 7.21. The lowest BCUT2D eigenvalue weighted by Crippen LogP contribution is -2.48. The summed E-state index contributed by atoms with van der Waals surface area (Å²) in [6, 6.07) is 16.7. The molecule has 0 aliphatic carbocycles. The fourth-order valence-corrected chi connectivity index (χ4v) is 2.62. The molecule has 0 heterocycles. The molecule has 1 unspecified atom stereocenters. The van der Waals surface area contributed by atoms with Crippen LogP contribution >= 0.6 is 0 Å². The normalized spacial score (nSPS) is 11.5. The zero-order valence-corrected chi connectivity index (χ0v) is 15.6. The number of amides is 2. The molecular formula is C21H26N2O3. The van der Waals surface area contributed by atoms with Crippen LogP contribution in [0.25, 0.3) is 0 Å². The van der Waals surface area contributed by atoms with Crippen molar-refractivity contribution in [1.82, 2.24) is 10.2 Å². The Bertz CT molecular complexity index is 714. The van der Waals surface area contributed by atoms with Crippen molar-refractivity contribution in [2.24, 2.45) is 0 Å². The largest absolute Gasteiger partial charge is 0.484 e. The molecule has 2 aromatic rings. The van der Waals surface area contributed by atoms with Gasteiger partial charge in [0.05, 0.1) is 0 Å². The summed E-state index contributed by atoms with van der Waals surface area (Å²) in [4.78, 5) is 26.3. The van der Waals surface area contributed by atoms with E-state index in [0.717, 1.165) is 12.0 Å². The van der Waals surface area contributed by atoms with E-state index >= 15 is 0 Å². The Morgan fingerprint density at radius 1 is 1.04 bits per heavy atom. The molecule has 0 bridgehead atoms. The fraction of sp³-hybridized carbons (Fsp3) is 0.333. The van der Waals surface area contributed by atoms with Crippen LogP contribution in [0.15, 0.2) is 54.6 Å². The second-order valence-corrected chi connectivity index (χ2v) is 6.08. The number of nitrogens with zero attached hydrogens (tertiary/aromatic N) is 1. The highest BCUT2D eigenvalue weighted by atomic mass is 16.5. The van der Waals surface area contributed by atoms with Gasteiger partial charge in [0, 0.05) is 13.6 Å². The number of hydrogen-bond acceptors (Lipinski definition) is 3. The van der Waals surface area contributed by atoms with Gasteiger partial charge >= 0.3 is 0 Å². The van der Waals surface area contributed by atoms with E-state index in [1.165, 1.54) is 10.5 Å². The number of ether oxygens (including phenoxy) is 1. The summed E-state index contributed by atoms with van der Waals surface area (Å²) in [5.74, 6) is 0.203. The van der Waals surface area contributed by atoms with E-state index in [9.17, 15) is 9.59 Å². The van der Waals surface area contributed by atoms with E-state index in [0.29, 0.717) is 12.3 Å². The molecule has 2 rings (SSSR count). The summed E-state index contributed by atoms with van der Waals surface area (Å²) in [7, 11) is 1.57. The topological polar surface area (TPSA) is 58.6 Å². The lowest BCUT2D eigenvalue weighted by atomic mass is 10.1. The van der Waals surface area contributed by atoms with E-state index in [4.69, 9.17) is 4.74 Å². The van der Waals surface area contributed by atoms with E-state index in [1.807, 2.05) is 54.6 Å². The number of carbonyl (C=O) groups is 2. The summed E-state index contributed by atoms with van der Waals surface area (Å²) in [6.07, 6.45) is 0.952. The molecule has 5 heteroatoms. The van der Waals surface area contributed by atoms with E-state index in [-0.39, 0.29) is 18.4 Å². The highest BCUT2D eigenvalue weighted by Gasteiger charge is 2.25. The van der Waals surface area contributed by atoms with Crippen LogP contribution in [0.5, 0.6) is 5.75 Å². The van der Waals surface area contributed by atoms with Crippen molar-refractivity contribution in [1.29, 1.82) is 0 Å². The van der Waals surface area contributed by atoms with Gasteiger partial charge in [-0.15, -0.1) is 0 Å². The summed E-state index contributed by atoms with van der Waals surface area (Å²) in [6.45, 7) is 4.04. The molecule has 0 aliphatic rings. The minimum atomic E-state index is -0.584. The van der Waals surface area contributed by atoms with Crippen LogP contribution in [0, 0.1) is 0 Å². The third-order valence-corrected chi connectivity index (χ3v) is 4.30. The van der Waals surface area contributed by atoms with Gasteiger partial charge in [-0.3, -0.25) is 9.59 Å². The number of nitrogens with one attached hydrogen (secondary N) is 1. The molecule has 26 heavy (non-hydrogen) atoms. The molecule has 1 N–H and O–H groups in total. The number of rotatable bonds is 8. The summed E-state index contributed by atoms with van der Waals surface area (Å²) >= 11 is 0. The Hall–Kier alpha value is -2.82. The van der Waals surface area contributed by atoms with Gasteiger partial charge in [-0.25, -0.2) is 0 Å². The molecule has 2 aromatic carbocycles. The predicted molar refractivity (Wildman–Crippen MR) is 102 cm³/mol. The molecular weight excluding hydrogens is 328 g/mol. The van der Waals surface area contributed by atoms with E-state index in [1.54, 1.807) is 14.0 Å². The number of carbonyl (C=O) groups excluding carboxylic acids is 2. The minimum absolute atomic E-state index is 0.111. The smallest absolute Gasteiger partial charge is 0.261 e. The SMILES string of the molecule is CCc1ccc(OCC(=O)N(Cc2ccccc2)C(C)C(=O)NC)cc1. The van der Waals surface area contributed by atoms with Gasteiger partial charge < -0.3 is 15.0 Å². The van der Waals surface area contributed by atoms with Crippen molar-refractivity contribution in [3.05, 3.63) is 65.7 Å². The molecule has 0 aromatic heterocycles. The molecule has 0 spiro atoms. The molecule has 0 fully saturated rings. The van der Waals surface area contributed by atoms with Crippen molar-refractivity contribution in [2.45, 2.75) is 32.9 Å². The van der Waals surface area contributed by atoms with Crippen LogP contribution in [0.1, 0.15) is 25.0 Å². The standard InChI is InChI=1S/C21H26N2O3/c1-4-17-10-12-19(13-11-17)26-15-20(24)23(16(2)21(25)22-3)14-18-8-6-5-7-9-18/h5-13,16H,4,14-15H2,1-3H3,(H,22,25). The Morgan fingerprint density at radius 3 is 2.27 bits per heavy atom. The second-order valence-electron chi connectivity index (χ2n) is 6.08. The maximum absolute atomic E-state index is 12.7. The first-order valence-electron chi connectivity index (χ1n) is 8.81. The lowest BCUT2D eigenvalue weighted by molar-refractivity contribution is -0.142. The first-order valence-corrected chi connectivity index (χ1v) is 8.81. The molecule has 1 atom stereocenters. The Morgan fingerprint density at radius 2 is 1.69 bits per heavy atom. The first-order chi connectivity index (χ1) is 12.5. The van der Waals surface area contributed by atoms with Gasteiger partial charge in [-0.1, -0.05) is 49.4 Å². The highest BCUT2D eigenvalue weighted by Crippen LogP contribution is 2.14. The lowest BCUT2D eigenvalue weighted by Gasteiger charge is -2.28. The maximum Gasteiger partial charge on any atom is 0.261 e. The molecule has 2 amide bonds. The van der Waals surface area contributed by atoms with Gasteiger partial charge in [0.25, 0.3) is 5.91 Å². The number of likely N-dealkylation sites (N-methyl/N-ethyl adjacent to an activating group) is 1. The van der Waals surface area contributed by atoms with Crippen LogP contribution in [-0.4, -0.2) is 36.4 Å². The van der Waals surface area contributed by atoms with Gasteiger partial charge in [0.2, 0.25) is 5.91 Å². The van der Waals surface area contributed by atoms with Gasteiger partial charge in [0.15, 0.2) is 6.61 Å². The van der Waals surface area contributed by atoms with Crippen molar-refractivity contribution in [3.8, 4) is 5.75 Å². The number of benzene rings is 2. The van der Waals surface area contributed by atoms with Crippen molar-refractivity contribution in [3.63, 3.8) is 0 Å². The van der Waals surface area contributed by atoms with E-state index < -0.39 is 6.04 Å². The van der Waals surface area contributed by atoms with Crippen LogP contribution in [0.4, 0.5) is 0 Å². The quantitative estimate of drug-likeness (QED) is 0.793. The third kappa shape index (κ3) is 5.34. The van der Waals surface area contributed by atoms with Crippen LogP contribution < -0.4 is 10.1 Å². The third-order valence-electron chi connectivity index (χ3n) is 4.30. The highest BCUT2D eigenvalue weighted by molar-refractivity contribution is 5.87. The van der Waals surface area contributed by atoms with Crippen LogP contribution in [0.3, 0.4) is 0 Å². The molecule has 5 nitrogen and oxygen atoms in total. The molecule has 0 aliphatic heterocycles. The zero-order chi connectivity index (χ0) is 18.9. The summed E-state index contributed by atoms with van der Waals surface area (Å²) in [5.41, 5.74) is 2.17. The van der Waals surface area contributed by atoms with Crippen molar-refractivity contribution in [2.75, 3.05) is 13.7 Å². The van der Waals surface area contributed by atoms with Gasteiger partial charge in [0.1, 0.15) is 11.8 Å². The summed E-state index contributed by atoms with van der Waals surface area (Å²) in [5, 5.41) is 2.60. The Balaban J connectivity index is 2.07. The monoisotopic (exact) mass is 354 g/mol. The average molecular weight is 354 g/mol. The van der Waals surface area contributed by atoms with Crippen molar-refractivity contribution < 1.29 is 14.3 Å². The molecule has 0 saturated carbocycles. The van der Waals surface area contributed by atoms with Gasteiger partial charge in [-0.2, -0.15) is 0 Å². The van der Waals surface area contributed by atoms with Crippen LogP contribution in [0.2, 0.25) is 0 Å². The summed E-state index contributed by atoms with van der Waals surface area (Å²) < 4.78 is 5.63. The number of hydrogen-bond donors (Lipinski definition) is 1. The van der Waals surface area contributed by atoms with E-state index in [2.05, 4.69) is 12.2 Å². The molecule has 0 saturated heterocycles. The van der Waals surface area contributed by atoms with Gasteiger partial charge in [-0.05, 0) is 36.6 Å². The average Bonchev–Trinajstić information content (AvgIpc) is 2.70. The zero-order valence-electron chi connectivity index (χ0n) is 15.6. The predicted octanol–water partition coefficient (Wildman–Crippen LogP) is 2.79. The maximum atomic E-state index is 12.7. The number of aryl methyl sites for hydroxylation is 1. The molecule has 138 valence electrons. The molecule has 0 radical (unpaired) electrons. The minimum Gasteiger partial charge on any atom is -0.484 e. The second kappa shape index (κ2) is 9.61. The Labute approximate surface area is 155 Å². The first kappa shape index (κ1) is 19.5. The van der Waals surface area contributed by atoms with Crippen LogP contribution in [-0.2, 0) is 22.6 Å².